The summed E-state index contributed by atoms with van der Waals surface area (Å²) in [7, 11) is 0. The molecule has 0 radical (unpaired) electrons. The van der Waals surface area contributed by atoms with Crippen LogP contribution in [0.15, 0.2) is 212 Å². The Kier molecular flexibility index (Phi) is 7.64. The third kappa shape index (κ3) is 5.06. The van der Waals surface area contributed by atoms with E-state index in [9.17, 15) is 0 Å². The second-order valence-corrected chi connectivity index (χ2v) is 14.4. The number of benzene rings is 8. The molecule has 57 heavy (non-hydrogen) atoms. The Balaban J connectivity index is 1.19. The number of anilines is 3. The van der Waals surface area contributed by atoms with Crippen LogP contribution in [-0.4, -0.2) is 19.5 Å². The van der Waals surface area contributed by atoms with Crippen molar-refractivity contribution in [3.8, 4) is 28.7 Å². The van der Waals surface area contributed by atoms with E-state index in [0.29, 0.717) is 17.6 Å². The van der Waals surface area contributed by atoms with E-state index < -0.39 is 5.41 Å². The highest BCUT2D eigenvalue weighted by Gasteiger charge is 2.46. The van der Waals surface area contributed by atoms with Crippen molar-refractivity contribution in [3.63, 3.8) is 0 Å². The summed E-state index contributed by atoms with van der Waals surface area (Å²) >= 11 is 0. The van der Waals surface area contributed by atoms with Crippen molar-refractivity contribution in [2.45, 2.75) is 5.41 Å². The summed E-state index contributed by atoms with van der Waals surface area (Å²) in [6, 6.07) is 75.1. The fraction of sp³-hybridized carbons (Fsp3) is 0.0192. The number of hydrogen-bond acceptors (Lipinski definition) is 4. The molecule has 0 saturated heterocycles. The molecule has 2 aromatic heterocycles. The van der Waals surface area contributed by atoms with E-state index in [4.69, 9.17) is 15.0 Å². The van der Waals surface area contributed by atoms with Crippen LogP contribution < -0.4 is 4.90 Å². The van der Waals surface area contributed by atoms with Gasteiger partial charge in [-0.05, 0) is 58.7 Å². The maximum atomic E-state index is 5.38. The van der Waals surface area contributed by atoms with E-state index in [1.54, 1.807) is 0 Å². The van der Waals surface area contributed by atoms with E-state index in [1.165, 1.54) is 22.3 Å². The molecule has 5 heteroatoms. The first-order chi connectivity index (χ1) is 28.3. The molecule has 8 aromatic carbocycles. The third-order valence-corrected chi connectivity index (χ3v) is 11.3. The van der Waals surface area contributed by atoms with Crippen LogP contribution in [0.4, 0.5) is 17.1 Å². The first-order valence-electron chi connectivity index (χ1n) is 19.3. The standard InChI is InChI=1S/C52H35N5/c1-4-20-36(21-5-1)49-53-50(55-51(54-49)57-44-31-15-10-26-39(44)40-27-11-16-32-45(40)57)41-28-12-17-33-46(41)56-47-34-18-13-29-42(47)52(37-22-6-2-7-23-37,38-24-8-3-9-25-38)43-30-14-19-35-48(43)56/h1-35H. The largest absolute Gasteiger partial charge is 0.309 e. The SMILES string of the molecule is c1ccc(-c2nc(-c3ccccc3N3c4ccccc4C(c4ccccc4)(c4ccccc4)c4ccccc43)nc(-n3c4ccccc4c4ccccc43)n2)cc1. The molecule has 0 fully saturated rings. The molecule has 0 unspecified atom stereocenters. The third-order valence-electron chi connectivity index (χ3n) is 11.3. The number of para-hydroxylation sites is 5. The Hall–Kier alpha value is -7.63. The fourth-order valence-corrected chi connectivity index (χ4v) is 8.97. The molecule has 0 bridgehead atoms. The zero-order chi connectivity index (χ0) is 37.8. The lowest BCUT2D eigenvalue weighted by atomic mass is 9.62. The van der Waals surface area contributed by atoms with Gasteiger partial charge in [0.15, 0.2) is 11.6 Å². The van der Waals surface area contributed by atoms with Gasteiger partial charge in [0.25, 0.3) is 0 Å². The molecule has 268 valence electrons. The number of rotatable bonds is 6. The molecular formula is C52H35N5. The molecule has 1 aliphatic rings. The summed E-state index contributed by atoms with van der Waals surface area (Å²) in [6.45, 7) is 0. The molecule has 11 rings (SSSR count). The van der Waals surface area contributed by atoms with Crippen molar-refractivity contribution in [1.82, 2.24) is 19.5 Å². The minimum absolute atomic E-state index is 0.567. The molecule has 5 nitrogen and oxygen atoms in total. The molecule has 0 amide bonds. The van der Waals surface area contributed by atoms with E-state index in [0.717, 1.165) is 50.0 Å². The summed E-state index contributed by atoms with van der Waals surface area (Å²) in [5.74, 6) is 1.77. The van der Waals surface area contributed by atoms with E-state index in [-0.39, 0.29) is 0 Å². The Morgan fingerprint density at radius 1 is 0.351 bits per heavy atom. The second kappa shape index (κ2) is 13.3. The number of hydrogen-bond donors (Lipinski definition) is 0. The second-order valence-electron chi connectivity index (χ2n) is 14.4. The van der Waals surface area contributed by atoms with Gasteiger partial charge in [-0.1, -0.05) is 176 Å². The van der Waals surface area contributed by atoms with Crippen LogP contribution in [0.1, 0.15) is 22.3 Å². The minimum Gasteiger partial charge on any atom is -0.309 e. The summed E-state index contributed by atoms with van der Waals surface area (Å²) < 4.78 is 2.17. The Morgan fingerprint density at radius 3 is 1.37 bits per heavy atom. The highest BCUT2D eigenvalue weighted by Crippen LogP contribution is 2.58. The van der Waals surface area contributed by atoms with Gasteiger partial charge in [0.1, 0.15) is 0 Å². The first-order valence-corrected chi connectivity index (χ1v) is 19.3. The fourth-order valence-electron chi connectivity index (χ4n) is 8.97. The molecule has 1 aliphatic heterocycles. The smallest absolute Gasteiger partial charge is 0.238 e. The van der Waals surface area contributed by atoms with Gasteiger partial charge < -0.3 is 4.90 Å². The monoisotopic (exact) mass is 729 g/mol. The molecular weight excluding hydrogens is 695 g/mol. The zero-order valence-electron chi connectivity index (χ0n) is 30.9. The zero-order valence-corrected chi connectivity index (χ0v) is 30.9. The molecule has 10 aromatic rings. The molecule has 0 aliphatic carbocycles. The molecule has 0 atom stereocenters. The van der Waals surface area contributed by atoms with Crippen LogP contribution in [0.5, 0.6) is 0 Å². The van der Waals surface area contributed by atoms with Crippen molar-refractivity contribution >= 4 is 38.9 Å². The maximum Gasteiger partial charge on any atom is 0.238 e. The van der Waals surface area contributed by atoms with Gasteiger partial charge in [0.05, 0.1) is 33.5 Å². The average Bonchev–Trinajstić information content (AvgIpc) is 3.63. The molecule has 0 N–H and O–H groups in total. The quantitative estimate of drug-likeness (QED) is 0.171. The summed E-state index contributed by atoms with van der Waals surface area (Å²) in [6.07, 6.45) is 0. The van der Waals surface area contributed by atoms with Crippen molar-refractivity contribution in [1.29, 1.82) is 0 Å². The van der Waals surface area contributed by atoms with E-state index in [2.05, 4.69) is 204 Å². The van der Waals surface area contributed by atoms with Gasteiger partial charge in [0.2, 0.25) is 5.95 Å². The van der Waals surface area contributed by atoms with E-state index >= 15 is 0 Å². The first kappa shape index (κ1) is 32.8. The van der Waals surface area contributed by atoms with Gasteiger partial charge in [-0.15, -0.1) is 0 Å². The van der Waals surface area contributed by atoms with Crippen LogP contribution in [0, 0.1) is 0 Å². The van der Waals surface area contributed by atoms with Crippen LogP contribution in [0.2, 0.25) is 0 Å². The van der Waals surface area contributed by atoms with Gasteiger partial charge in [0, 0.05) is 21.9 Å². The summed E-state index contributed by atoms with van der Waals surface area (Å²) in [4.78, 5) is 18.2. The van der Waals surface area contributed by atoms with Gasteiger partial charge in [-0.2, -0.15) is 9.97 Å². The highest BCUT2D eigenvalue weighted by molar-refractivity contribution is 6.09. The number of nitrogens with zero attached hydrogens (tertiary/aromatic N) is 5. The topological polar surface area (TPSA) is 46.8 Å². The Morgan fingerprint density at radius 2 is 0.789 bits per heavy atom. The van der Waals surface area contributed by atoms with Crippen molar-refractivity contribution in [3.05, 3.63) is 235 Å². The summed E-state index contributed by atoms with van der Waals surface area (Å²) in [5.41, 5.74) is 11.3. The normalized spacial score (nSPS) is 13.0. The molecule has 0 spiro atoms. The van der Waals surface area contributed by atoms with Crippen molar-refractivity contribution in [2.75, 3.05) is 4.90 Å². The van der Waals surface area contributed by atoms with Crippen LogP contribution in [0.25, 0.3) is 50.5 Å². The predicted molar refractivity (Wildman–Crippen MR) is 232 cm³/mol. The molecule has 3 heterocycles. The van der Waals surface area contributed by atoms with Crippen LogP contribution in [-0.2, 0) is 5.41 Å². The van der Waals surface area contributed by atoms with Crippen LogP contribution in [0.3, 0.4) is 0 Å². The minimum atomic E-state index is -0.571. The van der Waals surface area contributed by atoms with Gasteiger partial charge >= 0.3 is 0 Å². The lowest BCUT2D eigenvalue weighted by Gasteiger charge is -2.46. The molecule has 0 saturated carbocycles. The highest BCUT2D eigenvalue weighted by atomic mass is 15.2. The lowest BCUT2D eigenvalue weighted by Crippen LogP contribution is -2.37. The lowest BCUT2D eigenvalue weighted by molar-refractivity contribution is 0.731. The Bertz CT molecular complexity index is 2940. The Labute approximate surface area is 330 Å². The van der Waals surface area contributed by atoms with Crippen molar-refractivity contribution in [2.24, 2.45) is 0 Å². The predicted octanol–water partition coefficient (Wildman–Crippen LogP) is 12.5. The number of aromatic nitrogens is 4. The van der Waals surface area contributed by atoms with E-state index in [1.807, 2.05) is 18.2 Å². The van der Waals surface area contributed by atoms with Crippen LogP contribution >= 0.6 is 0 Å². The summed E-state index contributed by atoms with van der Waals surface area (Å²) in [5, 5.41) is 2.30. The average molecular weight is 730 g/mol. The maximum absolute atomic E-state index is 5.38. The van der Waals surface area contributed by atoms with Gasteiger partial charge in [-0.3, -0.25) is 4.57 Å². The van der Waals surface area contributed by atoms with Gasteiger partial charge in [-0.25, -0.2) is 4.98 Å². The van der Waals surface area contributed by atoms with Crippen molar-refractivity contribution < 1.29 is 0 Å². The number of fused-ring (bicyclic) bond motifs is 5.